The molecule has 0 amide bonds. The first-order valence-electron chi connectivity index (χ1n) is 6.46. The fourth-order valence-electron chi connectivity index (χ4n) is 2.66. The van der Waals surface area contributed by atoms with E-state index in [0.29, 0.717) is 18.7 Å². The van der Waals surface area contributed by atoms with Crippen LogP contribution in [0.5, 0.6) is 0 Å². The number of likely N-dealkylation sites (N-methyl/N-ethyl adjacent to an activating group) is 1. The maximum Gasteiger partial charge on any atom is 0.0750 e. The predicted molar refractivity (Wildman–Crippen MR) is 79.1 cm³/mol. The van der Waals surface area contributed by atoms with Crippen LogP contribution in [0.4, 0.5) is 5.69 Å². The minimum absolute atomic E-state index is 0.296. The van der Waals surface area contributed by atoms with E-state index >= 15 is 0 Å². The van der Waals surface area contributed by atoms with Gasteiger partial charge in [-0.15, -0.1) is 0 Å². The highest BCUT2D eigenvalue weighted by molar-refractivity contribution is 9.10. The first kappa shape index (κ1) is 13.8. The monoisotopic (exact) mass is 312 g/mol. The zero-order valence-corrected chi connectivity index (χ0v) is 12.6. The normalized spacial score (nSPS) is 23.3. The maximum absolute atomic E-state index is 5.70. The molecule has 100 valence electrons. The zero-order valence-electron chi connectivity index (χ0n) is 11.0. The van der Waals surface area contributed by atoms with Crippen molar-refractivity contribution in [2.45, 2.75) is 31.9 Å². The Morgan fingerprint density at radius 1 is 1.50 bits per heavy atom. The highest BCUT2D eigenvalue weighted by Crippen LogP contribution is 2.29. The Morgan fingerprint density at radius 3 is 2.89 bits per heavy atom. The molecular formula is C14H21BrN2O. The van der Waals surface area contributed by atoms with Gasteiger partial charge >= 0.3 is 0 Å². The molecule has 0 bridgehead atoms. The van der Waals surface area contributed by atoms with Crippen molar-refractivity contribution in [1.82, 2.24) is 0 Å². The molecule has 0 radical (unpaired) electrons. The predicted octanol–water partition coefficient (Wildman–Crippen LogP) is 2.56. The van der Waals surface area contributed by atoms with Gasteiger partial charge in [-0.05, 0) is 50.1 Å². The summed E-state index contributed by atoms with van der Waals surface area (Å²) in [7, 11) is 2.15. The molecule has 1 saturated heterocycles. The third-order valence-electron chi connectivity index (χ3n) is 3.67. The summed E-state index contributed by atoms with van der Waals surface area (Å²) in [6, 6.07) is 6.88. The topological polar surface area (TPSA) is 38.5 Å². The van der Waals surface area contributed by atoms with Crippen molar-refractivity contribution < 1.29 is 4.74 Å². The van der Waals surface area contributed by atoms with Gasteiger partial charge in [0.15, 0.2) is 0 Å². The van der Waals surface area contributed by atoms with E-state index in [1.165, 1.54) is 11.3 Å². The van der Waals surface area contributed by atoms with E-state index < -0.39 is 0 Å². The number of hydrogen-bond donors (Lipinski definition) is 1. The first-order chi connectivity index (χ1) is 8.63. The Balaban J connectivity index is 2.25. The van der Waals surface area contributed by atoms with Gasteiger partial charge in [0.2, 0.25) is 0 Å². The van der Waals surface area contributed by atoms with Gasteiger partial charge in [0, 0.05) is 23.8 Å². The van der Waals surface area contributed by atoms with Crippen LogP contribution in [0.3, 0.4) is 0 Å². The molecule has 0 spiro atoms. The van der Waals surface area contributed by atoms with E-state index in [2.05, 4.69) is 53.0 Å². The molecule has 2 N–H and O–H groups in total. The van der Waals surface area contributed by atoms with E-state index in [1.807, 2.05) is 0 Å². The van der Waals surface area contributed by atoms with Gasteiger partial charge in [0.05, 0.1) is 12.1 Å². The van der Waals surface area contributed by atoms with E-state index in [9.17, 15) is 0 Å². The molecule has 1 aliphatic heterocycles. The third kappa shape index (κ3) is 2.87. The molecule has 1 heterocycles. The number of anilines is 1. The molecule has 1 aromatic rings. The third-order valence-corrected chi connectivity index (χ3v) is 4.16. The summed E-state index contributed by atoms with van der Waals surface area (Å²) in [5, 5.41) is 0. The molecule has 3 nitrogen and oxygen atoms in total. The molecule has 4 heteroatoms. The van der Waals surface area contributed by atoms with Crippen molar-refractivity contribution in [2.75, 3.05) is 25.1 Å². The lowest BCUT2D eigenvalue weighted by Gasteiger charge is -2.30. The lowest BCUT2D eigenvalue weighted by molar-refractivity contribution is 0.118. The van der Waals surface area contributed by atoms with Crippen LogP contribution in [0.25, 0.3) is 0 Å². The number of ether oxygens (including phenoxy) is 1. The molecular weight excluding hydrogens is 292 g/mol. The highest BCUT2D eigenvalue weighted by Gasteiger charge is 2.28. The van der Waals surface area contributed by atoms with E-state index in [1.54, 1.807) is 0 Å². The molecule has 2 atom stereocenters. The van der Waals surface area contributed by atoms with Gasteiger partial charge in [-0.2, -0.15) is 0 Å². The van der Waals surface area contributed by atoms with Crippen LogP contribution >= 0.6 is 15.9 Å². The van der Waals surface area contributed by atoms with Gasteiger partial charge in [-0.3, -0.25) is 0 Å². The van der Waals surface area contributed by atoms with Crippen molar-refractivity contribution in [2.24, 2.45) is 5.73 Å². The van der Waals surface area contributed by atoms with Crippen LogP contribution < -0.4 is 10.6 Å². The number of nitrogens with two attached hydrogens (primary N) is 1. The molecule has 1 fully saturated rings. The van der Waals surface area contributed by atoms with Crippen molar-refractivity contribution >= 4 is 21.6 Å². The van der Waals surface area contributed by atoms with Crippen LogP contribution in [0, 0.1) is 0 Å². The average Bonchev–Trinajstić information content (AvgIpc) is 2.75. The Morgan fingerprint density at radius 2 is 2.28 bits per heavy atom. The van der Waals surface area contributed by atoms with Crippen LogP contribution in [0.2, 0.25) is 0 Å². The Bertz CT molecular complexity index is 411. The number of benzene rings is 1. The Kier molecular flexibility index (Phi) is 4.65. The van der Waals surface area contributed by atoms with Crippen LogP contribution in [-0.2, 0) is 11.2 Å². The first-order valence-corrected chi connectivity index (χ1v) is 7.25. The molecule has 1 aromatic carbocycles. The quantitative estimate of drug-likeness (QED) is 0.928. The summed E-state index contributed by atoms with van der Waals surface area (Å²) >= 11 is 3.53. The Labute approximate surface area is 117 Å². The minimum atomic E-state index is 0.296. The number of halogens is 1. The molecule has 0 aliphatic carbocycles. The minimum Gasteiger partial charge on any atom is -0.376 e. The highest BCUT2D eigenvalue weighted by atomic mass is 79.9. The Hall–Kier alpha value is -0.580. The van der Waals surface area contributed by atoms with Crippen LogP contribution in [0.1, 0.15) is 18.9 Å². The second kappa shape index (κ2) is 6.04. The molecule has 2 unspecified atom stereocenters. The fourth-order valence-corrected chi connectivity index (χ4v) is 3.07. The SMILES string of the molecule is CC1OCCC1N(C)c1ccc(Br)cc1CCN. The van der Waals surface area contributed by atoms with E-state index in [0.717, 1.165) is 23.9 Å². The number of hydrogen-bond acceptors (Lipinski definition) is 3. The number of rotatable bonds is 4. The van der Waals surface area contributed by atoms with Gasteiger partial charge in [0.25, 0.3) is 0 Å². The van der Waals surface area contributed by atoms with Gasteiger partial charge < -0.3 is 15.4 Å². The molecule has 0 aromatic heterocycles. The summed E-state index contributed by atoms with van der Waals surface area (Å²) in [5.41, 5.74) is 8.27. The largest absolute Gasteiger partial charge is 0.376 e. The summed E-state index contributed by atoms with van der Waals surface area (Å²) in [4.78, 5) is 2.34. The van der Waals surface area contributed by atoms with Crippen molar-refractivity contribution in [3.63, 3.8) is 0 Å². The lowest BCUT2D eigenvalue weighted by Crippen LogP contribution is -2.37. The second-order valence-corrected chi connectivity index (χ2v) is 5.77. The smallest absolute Gasteiger partial charge is 0.0750 e. The van der Waals surface area contributed by atoms with E-state index in [4.69, 9.17) is 10.5 Å². The van der Waals surface area contributed by atoms with Gasteiger partial charge in [-0.25, -0.2) is 0 Å². The fraction of sp³-hybridized carbons (Fsp3) is 0.571. The summed E-state index contributed by atoms with van der Waals surface area (Å²) in [6.07, 6.45) is 2.29. The van der Waals surface area contributed by atoms with Gasteiger partial charge in [0.1, 0.15) is 0 Å². The van der Waals surface area contributed by atoms with Crippen LogP contribution in [0.15, 0.2) is 22.7 Å². The average molecular weight is 313 g/mol. The molecule has 1 aliphatic rings. The standard InChI is InChI=1S/C14H21BrN2O/c1-10-13(6-8-18-10)17(2)14-4-3-12(15)9-11(14)5-7-16/h3-4,9-10,13H,5-8,16H2,1-2H3. The van der Waals surface area contributed by atoms with Crippen LogP contribution in [-0.4, -0.2) is 32.3 Å². The molecule has 18 heavy (non-hydrogen) atoms. The van der Waals surface area contributed by atoms with Crippen molar-refractivity contribution in [1.29, 1.82) is 0 Å². The zero-order chi connectivity index (χ0) is 13.1. The lowest BCUT2D eigenvalue weighted by atomic mass is 10.0. The second-order valence-electron chi connectivity index (χ2n) is 4.85. The maximum atomic E-state index is 5.70. The molecule has 2 rings (SSSR count). The molecule has 0 saturated carbocycles. The van der Waals surface area contributed by atoms with Crippen molar-refractivity contribution in [3.05, 3.63) is 28.2 Å². The number of nitrogens with zero attached hydrogens (tertiary/aromatic N) is 1. The van der Waals surface area contributed by atoms with E-state index in [-0.39, 0.29) is 0 Å². The summed E-state index contributed by atoms with van der Waals surface area (Å²) < 4.78 is 6.77. The van der Waals surface area contributed by atoms with Gasteiger partial charge in [-0.1, -0.05) is 15.9 Å². The van der Waals surface area contributed by atoms with Crippen molar-refractivity contribution in [3.8, 4) is 0 Å². The summed E-state index contributed by atoms with van der Waals surface area (Å²) in [5.74, 6) is 0. The summed E-state index contributed by atoms with van der Waals surface area (Å²) in [6.45, 7) is 3.68.